The molecule has 104 valence electrons. The van der Waals surface area contributed by atoms with Crippen LogP contribution in [0.15, 0.2) is 23.8 Å². The van der Waals surface area contributed by atoms with E-state index < -0.39 is 5.97 Å². The van der Waals surface area contributed by atoms with Crippen LogP contribution in [-0.2, 0) is 23.9 Å². The summed E-state index contributed by atoms with van der Waals surface area (Å²) in [6.07, 6.45) is 6.17. The van der Waals surface area contributed by atoms with E-state index in [0.717, 1.165) is 5.57 Å². The summed E-state index contributed by atoms with van der Waals surface area (Å²) in [6, 6.07) is 0. The van der Waals surface area contributed by atoms with Gasteiger partial charge in [-0.3, -0.25) is 14.4 Å². The van der Waals surface area contributed by atoms with Crippen molar-refractivity contribution in [2.24, 2.45) is 35.5 Å². The zero-order valence-electron chi connectivity index (χ0n) is 10.9. The van der Waals surface area contributed by atoms with Gasteiger partial charge < -0.3 is 9.47 Å². The number of cyclic esters (lactones) is 2. The number of hydrogen-bond acceptors (Lipinski definition) is 5. The maximum Gasteiger partial charge on any atom is 0.318 e. The summed E-state index contributed by atoms with van der Waals surface area (Å²) in [7, 11) is 0. The Morgan fingerprint density at radius 2 is 1.75 bits per heavy atom. The molecular weight excluding hydrogens is 260 g/mol. The molecule has 2 fully saturated rings. The molecule has 4 aliphatic carbocycles. The molecule has 5 heteroatoms. The molecule has 5 aliphatic rings. The van der Waals surface area contributed by atoms with Crippen molar-refractivity contribution < 1.29 is 23.9 Å². The predicted molar refractivity (Wildman–Crippen MR) is 65.9 cm³/mol. The van der Waals surface area contributed by atoms with Gasteiger partial charge in [-0.15, -0.1) is 0 Å². The Hall–Kier alpha value is -1.91. The van der Waals surface area contributed by atoms with E-state index in [4.69, 9.17) is 9.47 Å². The summed E-state index contributed by atoms with van der Waals surface area (Å²) >= 11 is 0. The third kappa shape index (κ3) is 1.35. The average Bonchev–Trinajstić information content (AvgIpc) is 2.66. The van der Waals surface area contributed by atoms with Gasteiger partial charge in [-0.25, -0.2) is 0 Å². The maximum atomic E-state index is 11.9. The van der Waals surface area contributed by atoms with Crippen LogP contribution in [0.3, 0.4) is 0 Å². The van der Waals surface area contributed by atoms with Crippen LogP contribution < -0.4 is 0 Å². The fraction of sp³-hybridized carbons (Fsp3) is 0.533. The normalized spacial score (nSPS) is 43.4. The second kappa shape index (κ2) is 3.81. The first kappa shape index (κ1) is 11.9. The van der Waals surface area contributed by atoms with E-state index in [0.29, 0.717) is 0 Å². The minimum Gasteiger partial charge on any atom is -0.461 e. The molecule has 0 aromatic carbocycles. The zero-order chi connectivity index (χ0) is 14.0. The van der Waals surface area contributed by atoms with Crippen molar-refractivity contribution in [1.82, 2.24) is 0 Å². The van der Waals surface area contributed by atoms with Crippen LogP contribution in [0.2, 0.25) is 0 Å². The topological polar surface area (TPSA) is 69.7 Å². The van der Waals surface area contributed by atoms with Gasteiger partial charge in [0, 0.05) is 6.92 Å². The lowest BCUT2D eigenvalue weighted by Crippen LogP contribution is -2.53. The molecule has 5 nitrogen and oxygen atoms in total. The van der Waals surface area contributed by atoms with Crippen LogP contribution in [0.25, 0.3) is 0 Å². The minimum absolute atomic E-state index is 0.00417. The Morgan fingerprint density at radius 3 is 2.45 bits per heavy atom. The zero-order valence-corrected chi connectivity index (χ0v) is 10.9. The van der Waals surface area contributed by atoms with Crippen LogP contribution in [0.1, 0.15) is 6.92 Å². The van der Waals surface area contributed by atoms with E-state index in [1.54, 1.807) is 0 Å². The van der Waals surface area contributed by atoms with Crippen molar-refractivity contribution in [3.63, 3.8) is 0 Å². The molecule has 6 atom stereocenters. The van der Waals surface area contributed by atoms with Gasteiger partial charge in [-0.1, -0.05) is 18.2 Å². The SMILES string of the molecule is CC(=O)OCC1=C[C@@H]2[C@H]3C=C[C@@H]([C@H]12)[C@@H]1C(=O)OC(=O)[C@H]31. The number of esters is 3. The second-order valence-electron chi connectivity index (χ2n) is 5.96. The molecule has 0 aromatic heterocycles. The van der Waals surface area contributed by atoms with E-state index in [2.05, 4.69) is 6.08 Å². The van der Waals surface area contributed by atoms with Crippen molar-refractivity contribution >= 4 is 17.9 Å². The molecule has 0 N–H and O–H groups in total. The van der Waals surface area contributed by atoms with E-state index in [1.807, 2.05) is 12.2 Å². The lowest BCUT2D eigenvalue weighted by Gasteiger charge is -2.53. The first-order valence-corrected chi connectivity index (χ1v) is 6.86. The molecule has 0 aromatic rings. The molecule has 0 spiro atoms. The highest BCUT2D eigenvalue weighted by molar-refractivity contribution is 5.98. The first-order valence-electron chi connectivity index (χ1n) is 6.86. The minimum atomic E-state index is -0.392. The quantitative estimate of drug-likeness (QED) is 0.424. The van der Waals surface area contributed by atoms with Gasteiger partial charge in [-0.2, -0.15) is 0 Å². The van der Waals surface area contributed by atoms with Crippen molar-refractivity contribution in [3.05, 3.63) is 23.8 Å². The molecule has 2 bridgehead atoms. The van der Waals surface area contributed by atoms with E-state index in [-0.39, 0.29) is 54.1 Å². The average molecular weight is 274 g/mol. The van der Waals surface area contributed by atoms with Gasteiger partial charge in [0.15, 0.2) is 0 Å². The van der Waals surface area contributed by atoms with Crippen LogP contribution >= 0.6 is 0 Å². The van der Waals surface area contributed by atoms with Gasteiger partial charge in [0.1, 0.15) is 6.61 Å². The van der Waals surface area contributed by atoms with Crippen LogP contribution in [0.5, 0.6) is 0 Å². The largest absolute Gasteiger partial charge is 0.461 e. The molecule has 1 aliphatic heterocycles. The maximum absolute atomic E-state index is 11.9. The standard InChI is InChI=1S/C15H14O5/c1-6(16)19-5-7-4-10-8-2-3-9(11(7)10)13-12(8)14(17)20-15(13)18/h2-4,8-13H,5H2,1H3/t8-,9+,10-,11+,12-,13+/m1/s1. The molecule has 0 amide bonds. The molecule has 1 saturated heterocycles. The summed E-state index contributed by atoms with van der Waals surface area (Å²) in [5.74, 6) is -1.20. The highest BCUT2D eigenvalue weighted by atomic mass is 16.6. The molecule has 0 radical (unpaired) electrons. The lowest BCUT2D eigenvalue weighted by molar-refractivity contribution is -0.154. The van der Waals surface area contributed by atoms with Crippen molar-refractivity contribution in [2.75, 3.05) is 6.61 Å². The second-order valence-corrected chi connectivity index (χ2v) is 5.96. The number of rotatable bonds is 2. The Kier molecular flexibility index (Phi) is 2.26. The van der Waals surface area contributed by atoms with Crippen molar-refractivity contribution in [1.29, 1.82) is 0 Å². The number of ether oxygens (including phenoxy) is 2. The van der Waals surface area contributed by atoms with E-state index >= 15 is 0 Å². The van der Waals surface area contributed by atoms with E-state index in [9.17, 15) is 14.4 Å². The summed E-state index contributed by atoms with van der Waals surface area (Å²) in [4.78, 5) is 34.6. The highest BCUT2D eigenvalue weighted by Crippen LogP contribution is 2.60. The first-order chi connectivity index (χ1) is 9.58. The van der Waals surface area contributed by atoms with E-state index in [1.165, 1.54) is 6.92 Å². The van der Waals surface area contributed by atoms with Gasteiger partial charge in [0.05, 0.1) is 11.8 Å². The highest BCUT2D eigenvalue weighted by Gasteiger charge is 2.63. The van der Waals surface area contributed by atoms with Gasteiger partial charge in [0.2, 0.25) is 0 Å². The molecular formula is C15H14O5. The monoisotopic (exact) mass is 274 g/mol. The summed E-state index contributed by atoms with van der Waals surface area (Å²) < 4.78 is 9.87. The third-order valence-electron chi connectivity index (χ3n) is 5.07. The summed E-state index contributed by atoms with van der Waals surface area (Å²) in [5.41, 5.74) is 1.06. The Morgan fingerprint density at radius 1 is 1.10 bits per heavy atom. The van der Waals surface area contributed by atoms with Gasteiger partial charge >= 0.3 is 17.9 Å². The summed E-state index contributed by atoms with van der Waals surface area (Å²) in [6.45, 7) is 1.67. The molecule has 0 unspecified atom stereocenters. The number of hydrogen-bond donors (Lipinski definition) is 0. The van der Waals surface area contributed by atoms with Gasteiger partial charge in [0.25, 0.3) is 0 Å². The number of carbonyl (C=O) groups is 3. The molecule has 1 saturated carbocycles. The fourth-order valence-electron chi connectivity index (χ4n) is 4.30. The number of carbonyl (C=O) groups excluding carboxylic acids is 3. The number of allylic oxidation sites excluding steroid dienone is 3. The molecule has 1 heterocycles. The molecule has 5 rings (SSSR count). The predicted octanol–water partition coefficient (Wildman–Crippen LogP) is 0.853. The van der Waals surface area contributed by atoms with Crippen molar-refractivity contribution in [3.8, 4) is 0 Å². The van der Waals surface area contributed by atoms with Crippen LogP contribution in [-0.4, -0.2) is 24.5 Å². The van der Waals surface area contributed by atoms with Crippen LogP contribution in [0.4, 0.5) is 0 Å². The Labute approximate surface area is 115 Å². The smallest absolute Gasteiger partial charge is 0.318 e. The Bertz CT molecular complexity index is 587. The fourth-order valence-corrected chi connectivity index (χ4v) is 4.30. The third-order valence-corrected chi connectivity index (χ3v) is 5.07. The Balaban J connectivity index is 1.63. The lowest BCUT2D eigenvalue weighted by atomic mass is 9.48. The van der Waals surface area contributed by atoms with Crippen molar-refractivity contribution in [2.45, 2.75) is 6.92 Å². The van der Waals surface area contributed by atoms with Gasteiger partial charge in [-0.05, 0) is 29.2 Å². The summed E-state index contributed by atoms with van der Waals surface area (Å²) in [5, 5.41) is 0. The molecule has 20 heavy (non-hydrogen) atoms. The van der Waals surface area contributed by atoms with Crippen LogP contribution in [0, 0.1) is 35.5 Å².